The number of fused-ring (bicyclic) bond motifs is 1. The highest BCUT2D eigenvalue weighted by Crippen LogP contribution is 2.39. The molecular formula is C31H32O4S2. The molecule has 37 heavy (non-hydrogen) atoms. The van der Waals surface area contributed by atoms with Crippen LogP contribution in [-0.2, 0) is 17.8 Å². The first-order valence-electron chi connectivity index (χ1n) is 13.1. The van der Waals surface area contributed by atoms with Gasteiger partial charge in [0.15, 0.2) is 0 Å². The van der Waals surface area contributed by atoms with Gasteiger partial charge in [0.2, 0.25) is 0 Å². The number of hydrogen-bond donors (Lipinski definition) is 1. The van der Waals surface area contributed by atoms with Crippen LogP contribution in [0.2, 0.25) is 0 Å². The van der Waals surface area contributed by atoms with Crippen LogP contribution in [-0.4, -0.2) is 33.4 Å². The van der Waals surface area contributed by atoms with Crippen molar-refractivity contribution >= 4 is 32.6 Å². The highest BCUT2D eigenvalue weighted by molar-refractivity contribution is 7.91. The van der Waals surface area contributed by atoms with Crippen molar-refractivity contribution in [2.75, 3.05) is 11.5 Å². The second-order valence-corrected chi connectivity index (χ2v) is 12.9. The average Bonchev–Trinajstić information content (AvgIpc) is 3.30. The summed E-state index contributed by atoms with van der Waals surface area (Å²) in [6.45, 7) is 2.66. The molecule has 0 amide bonds. The van der Waals surface area contributed by atoms with E-state index >= 15 is 0 Å². The van der Waals surface area contributed by atoms with Crippen molar-refractivity contribution in [2.45, 2.75) is 57.3 Å². The number of hydrogen-bond acceptors (Lipinski definition) is 5. The molecule has 3 aromatic carbocycles. The van der Waals surface area contributed by atoms with Gasteiger partial charge in [-0.3, -0.25) is 0 Å². The molecule has 1 aromatic heterocycles. The van der Waals surface area contributed by atoms with Gasteiger partial charge >= 0.3 is 0 Å². The Balaban J connectivity index is 1.15. The predicted octanol–water partition coefficient (Wildman–Crippen LogP) is 6.98. The monoisotopic (exact) mass is 532 g/mol. The van der Waals surface area contributed by atoms with Crippen molar-refractivity contribution in [3.63, 3.8) is 0 Å². The fraction of sp³-hybridized carbons (Fsp3) is 0.355. The highest BCUT2D eigenvalue weighted by Gasteiger charge is 2.28. The van der Waals surface area contributed by atoms with Crippen LogP contribution in [0.25, 0.3) is 21.2 Å². The third-order valence-electron chi connectivity index (χ3n) is 7.63. The molecule has 2 heterocycles. The van der Waals surface area contributed by atoms with Crippen molar-refractivity contribution in [2.24, 2.45) is 0 Å². The van der Waals surface area contributed by atoms with Gasteiger partial charge in [0, 0.05) is 28.5 Å². The quantitative estimate of drug-likeness (QED) is 0.261. The van der Waals surface area contributed by atoms with Crippen LogP contribution in [0.5, 0.6) is 11.5 Å². The van der Waals surface area contributed by atoms with Crippen molar-refractivity contribution in [1.82, 2.24) is 0 Å². The van der Waals surface area contributed by atoms with Crippen molar-refractivity contribution in [1.29, 1.82) is 0 Å². The number of aryl methyl sites for hydroxylation is 1. The Kier molecular flexibility index (Phi) is 7.17. The van der Waals surface area contributed by atoms with Gasteiger partial charge in [-0.25, -0.2) is 0 Å². The standard InChI is InChI=1S/C31H32O4S2/c1-20-14-27(35-26-10-12-37(33)13-11-26)7-8-28(20)30-19-36-31-9-2-21(15-29(30)31)18-34-25-5-3-22(4-6-25)23-16-24(32)17-23/h2-9,14-15,19,23-24,26,32H,10-13,16-18H2,1H3. The Bertz CT molecular complexity index is 1370. The van der Waals surface area contributed by atoms with Crippen LogP contribution in [0.3, 0.4) is 0 Å². The fourth-order valence-electron chi connectivity index (χ4n) is 5.33. The van der Waals surface area contributed by atoms with E-state index in [1.54, 1.807) is 11.3 Å². The minimum Gasteiger partial charge on any atom is -0.616 e. The summed E-state index contributed by atoms with van der Waals surface area (Å²) in [4.78, 5) is 0. The van der Waals surface area contributed by atoms with Crippen LogP contribution in [0, 0.1) is 6.92 Å². The summed E-state index contributed by atoms with van der Waals surface area (Å²) < 4.78 is 25.2. The minimum absolute atomic E-state index is 0.136. The Morgan fingerprint density at radius 3 is 2.43 bits per heavy atom. The number of aliphatic hydroxyl groups excluding tert-OH is 1. The molecule has 6 rings (SSSR count). The molecule has 1 aliphatic carbocycles. The maximum Gasteiger partial charge on any atom is 0.120 e. The van der Waals surface area contributed by atoms with Gasteiger partial charge in [0.05, 0.1) is 6.10 Å². The Morgan fingerprint density at radius 2 is 1.70 bits per heavy atom. The molecule has 4 aromatic rings. The van der Waals surface area contributed by atoms with E-state index in [9.17, 15) is 9.66 Å². The van der Waals surface area contributed by atoms with E-state index in [0.29, 0.717) is 12.5 Å². The third-order valence-corrected chi connectivity index (χ3v) is 9.98. The normalized spacial score (nSPS) is 23.5. The summed E-state index contributed by atoms with van der Waals surface area (Å²) in [7, 11) is 0. The lowest BCUT2D eigenvalue weighted by atomic mass is 9.78. The van der Waals surface area contributed by atoms with E-state index in [-0.39, 0.29) is 12.2 Å². The summed E-state index contributed by atoms with van der Waals surface area (Å²) in [6.07, 6.45) is 3.48. The summed E-state index contributed by atoms with van der Waals surface area (Å²) in [6, 6.07) is 21.3. The SMILES string of the molecule is Cc1cc(OC2CC[S+]([O-])CC2)ccc1-c1csc2ccc(COc3ccc(C4CC(O)C4)cc3)cc12. The maximum absolute atomic E-state index is 11.6. The number of aliphatic hydroxyl groups is 1. The molecule has 1 saturated heterocycles. The van der Waals surface area contributed by atoms with Crippen LogP contribution in [0.4, 0.5) is 0 Å². The summed E-state index contributed by atoms with van der Waals surface area (Å²) in [5.41, 5.74) is 6.08. The molecule has 1 saturated carbocycles. The van der Waals surface area contributed by atoms with E-state index in [1.165, 1.54) is 32.3 Å². The molecule has 1 aliphatic heterocycles. The Morgan fingerprint density at radius 1 is 0.946 bits per heavy atom. The number of thiophene rings is 1. The molecule has 0 radical (unpaired) electrons. The molecule has 1 N–H and O–H groups in total. The average molecular weight is 533 g/mol. The number of rotatable bonds is 7. The van der Waals surface area contributed by atoms with E-state index in [4.69, 9.17) is 9.47 Å². The summed E-state index contributed by atoms with van der Waals surface area (Å²) >= 11 is 1.09. The molecule has 0 bridgehead atoms. The van der Waals surface area contributed by atoms with Gasteiger partial charge in [0.25, 0.3) is 0 Å². The van der Waals surface area contributed by atoms with Crippen LogP contribution < -0.4 is 9.47 Å². The van der Waals surface area contributed by atoms with Gasteiger partial charge in [0.1, 0.15) is 35.7 Å². The zero-order valence-electron chi connectivity index (χ0n) is 21.0. The summed E-state index contributed by atoms with van der Waals surface area (Å²) in [5, 5.41) is 13.0. The zero-order chi connectivity index (χ0) is 25.4. The van der Waals surface area contributed by atoms with Gasteiger partial charge in [-0.2, -0.15) is 0 Å². The number of benzene rings is 3. The van der Waals surface area contributed by atoms with Crippen molar-refractivity contribution in [3.8, 4) is 22.6 Å². The van der Waals surface area contributed by atoms with Crippen molar-refractivity contribution < 1.29 is 19.1 Å². The lowest BCUT2D eigenvalue weighted by Crippen LogP contribution is -2.30. The largest absolute Gasteiger partial charge is 0.616 e. The topological polar surface area (TPSA) is 61.8 Å². The Hall–Kier alpha value is -2.51. The van der Waals surface area contributed by atoms with E-state index in [0.717, 1.165) is 54.3 Å². The third kappa shape index (κ3) is 5.53. The summed E-state index contributed by atoms with van der Waals surface area (Å²) in [5.74, 6) is 3.72. The molecule has 6 heteroatoms. The first-order chi connectivity index (χ1) is 18.0. The van der Waals surface area contributed by atoms with E-state index < -0.39 is 11.2 Å². The van der Waals surface area contributed by atoms with Gasteiger partial charge < -0.3 is 19.1 Å². The van der Waals surface area contributed by atoms with Crippen LogP contribution in [0.1, 0.15) is 48.3 Å². The molecule has 4 nitrogen and oxygen atoms in total. The molecule has 0 spiro atoms. The molecule has 2 aliphatic rings. The molecule has 2 fully saturated rings. The molecule has 0 unspecified atom stereocenters. The number of ether oxygens (including phenoxy) is 2. The predicted molar refractivity (Wildman–Crippen MR) is 152 cm³/mol. The first-order valence-corrected chi connectivity index (χ1v) is 15.4. The van der Waals surface area contributed by atoms with Crippen LogP contribution in [0.15, 0.2) is 66.0 Å². The van der Waals surface area contributed by atoms with Crippen LogP contribution >= 0.6 is 11.3 Å². The first kappa shape index (κ1) is 24.8. The van der Waals surface area contributed by atoms with E-state index in [2.05, 4.69) is 60.8 Å². The molecule has 192 valence electrons. The van der Waals surface area contributed by atoms with Crippen molar-refractivity contribution in [3.05, 3.63) is 82.7 Å². The fourth-order valence-corrected chi connectivity index (χ4v) is 7.53. The zero-order valence-corrected chi connectivity index (χ0v) is 22.7. The highest BCUT2D eigenvalue weighted by atomic mass is 32.2. The smallest absolute Gasteiger partial charge is 0.120 e. The minimum atomic E-state index is -0.673. The van der Waals surface area contributed by atoms with Gasteiger partial charge in [-0.05, 0) is 89.7 Å². The van der Waals surface area contributed by atoms with Gasteiger partial charge in [-0.1, -0.05) is 35.4 Å². The molecule has 0 atom stereocenters. The maximum atomic E-state index is 11.6. The molecular weight excluding hydrogens is 500 g/mol. The lowest BCUT2D eigenvalue weighted by Gasteiger charge is -2.31. The lowest BCUT2D eigenvalue weighted by molar-refractivity contribution is 0.0746. The van der Waals surface area contributed by atoms with E-state index in [1.807, 2.05) is 12.1 Å². The second-order valence-electron chi connectivity index (χ2n) is 10.3. The Labute approximate surface area is 225 Å². The second kappa shape index (κ2) is 10.7. The van der Waals surface area contributed by atoms with Gasteiger partial charge in [-0.15, -0.1) is 11.3 Å².